The maximum absolute atomic E-state index is 12.3. The molecule has 1 aromatic carbocycles. The summed E-state index contributed by atoms with van der Waals surface area (Å²) in [6.45, 7) is 2.93. The van der Waals surface area contributed by atoms with Crippen LogP contribution in [-0.2, 0) is 19.1 Å². The van der Waals surface area contributed by atoms with Crippen molar-refractivity contribution >= 4 is 23.5 Å². The second-order valence-electron chi connectivity index (χ2n) is 5.52. The van der Waals surface area contributed by atoms with Gasteiger partial charge in [0, 0.05) is 25.8 Å². The molecule has 2 rings (SSSR count). The lowest BCUT2D eigenvalue weighted by Gasteiger charge is -2.31. The summed E-state index contributed by atoms with van der Waals surface area (Å²) in [6.07, 6.45) is 1.07. The van der Waals surface area contributed by atoms with Crippen LogP contribution in [0.4, 0.5) is 5.69 Å². The van der Waals surface area contributed by atoms with E-state index in [0.29, 0.717) is 38.2 Å². The Kier molecular flexibility index (Phi) is 5.73. The minimum Gasteiger partial charge on any atom is -0.466 e. The highest BCUT2D eigenvalue weighted by Crippen LogP contribution is 2.20. The van der Waals surface area contributed by atoms with Crippen LogP contribution in [0.15, 0.2) is 30.3 Å². The number of anilines is 1. The molecule has 0 aromatic heterocycles. The summed E-state index contributed by atoms with van der Waals surface area (Å²) >= 11 is 0. The van der Waals surface area contributed by atoms with Gasteiger partial charge in [0.2, 0.25) is 0 Å². The van der Waals surface area contributed by atoms with Crippen molar-refractivity contribution in [1.82, 2.24) is 4.90 Å². The summed E-state index contributed by atoms with van der Waals surface area (Å²) in [5.41, 5.74) is 0.673. The number of amides is 2. The summed E-state index contributed by atoms with van der Waals surface area (Å²) in [5.74, 6) is -1.49. The van der Waals surface area contributed by atoms with E-state index in [1.54, 1.807) is 26.1 Å². The summed E-state index contributed by atoms with van der Waals surface area (Å²) < 4.78 is 5.00. The molecule has 124 valence electrons. The molecule has 1 aromatic rings. The smallest absolute Gasteiger partial charge is 0.316 e. The molecular formula is C17H22N2O4. The minimum absolute atomic E-state index is 0.180. The maximum atomic E-state index is 12.3. The third-order valence-electron chi connectivity index (χ3n) is 4.03. The van der Waals surface area contributed by atoms with Crippen molar-refractivity contribution in [2.75, 3.05) is 31.6 Å². The zero-order chi connectivity index (χ0) is 16.8. The zero-order valence-electron chi connectivity index (χ0n) is 13.5. The van der Waals surface area contributed by atoms with Crippen LogP contribution >= 0.6 is 0 Å². The Morgan fingerprint density at radius 3 is 2.35 bits per heavy atom. The normalized spacial score (nSPS) is 15.1. The molecule has 0 atom stereocenters. The van der Waals surface area contributed by atoms with E-state index in [1.165, 1.54) is 9.80 Å². The summed E-state index contributed by atoms with van der Waals surface area (Å²) in [7, 11) is 1.58. The van der Waals surface area contributed by atoms with E-state index in [-0.39, 0.29) is 11.9 Å². The molecule has 0 radical (unpaired) electrons. The fourth-order valence-electron chi connectivity index (χ4n) is 2.63. The Bertz CT molecular complexity index is 565. The molecule has 6 nitrogen and oxygen atoms in total. The number of ether oxygens (including phenoxy) is 1. The van der Waals surface area contributed by atoms with Crippen LogP contribution in [0.5, 0.6) is 0 Å². The van der Waals surface area contributed by atoms with Gasteiger partial charge in [0.25, 0.3) is 0 Å². The van der Waals surface area contributed by atoms with Crippen LogP contribution in [-0.4, -0.2) is 49.4 Å². The van der Waals surface area contributed by atoms with Crippen LogP contribution < -0.4 is 4.90 Å². The van der Waals surface area contributed by atoms with Gasteiger partial charge >= 0.3 is 17.8 Å². The molecule has 2 amide bonds. The van der Waals surface area contributed by atoms with Crippen molar-refractivity contribution in [3.8, 4) is 0 Å². The lowest BCUT2D eigenvalue weighted by Crippen LogP contribution is -2.48. The lowest BCUT2D eigenvalue weighted by molar-refractivity contribution is -0.152. The summed E-state index contributed by atoms with van der Waals surface area (Å²) in [5, 5.41) is 0. The molecular weight excluding hydrogens is 296 g/mol. The van der Waals surface area contributed by atoms with Gasteiger partial charge in [-0.15, -0.1) is 0 Å². The van der Waals surface area contributed by atoms with Crippen molar-refractivity contribution in [1.29, 1.82) is 0 Å². The third-order valence-corrected chi connectivity index (χ3v) is 4.03. The number of hydrogen-bond donors (Lipinski definition) is 0. The van der Waals surface area contributed by atoms with Gasteiger partial charge in [-0.25, -0.2) is 0 Å². The molecule has 0 bridgehead atoms. The van der Waals surface area contributed by atoms with E-state index in [9.17, 15) is 14.4 Å². The van der Waals surface area contributed by atoms with Crippen LogP contribution in [0, 0.1) is 5.92 Å². The van der Waals surface area contributed by atoms with E-state index in [1.807, 2.05) is 18.2 Å². The van der Waals surface area contributed by atoms with Crippen molar-refractivity contribution in [2.45, 2.75) is 19.8 Å². The number of likely N-dealkylation sites (N-methyl/N-ethyl adjacent to an activating group) is 1. The first-order chi connectivity index (χ1) is 11.0. The second-order valence-corrected chi connectivity index (χ2v) is 5.52. The first-order valence-electron chi connectivity index (χ1n) is 7.83. The van der Waals surface area contributed by atoms with Crippen molar-refractivity contribution in [3.05, 3.63) is 30.3 Å². The van der Waals surface area contributed by atoms with Gasteiger partial charge in [0.1, 0.15) is 0 Å². The molecule has 1 saturated heterocycles. The molecule has 0 saturated carbocycles. The SMILES string of the molecule is CCOC(=O)C1CCN(C(=O)C(=O)N(C)c2ccccc2)CC1. The Labute approximate surface area is 136 Å². The third kappa shape index (κ3) is 4.09. The van der Waals surface area contributed by atoms with Gasteiger partial charge in [0.05, 0.1) is 12.5 Å². The van der Waals surface area contributed by atoms with Crippen molar-refractivity contribution in [2.24, 2.45) is 5.92 Å². The Hall–Kier alpha value is -2.37. The van der Waals surface area contributed by atoms with Crippen molar-refractivity contribution in [3.63, 3.8) is 0 Å². The Balaban J connectivity index is 1.92. The molecule has 0 unspecified atom stereocenters. The number of benzene rings is 1. The number of piperidine rings is 1. The topological polar surface area (TPSA) is 66.9 Å². The number of carbonyl (C=O) groups is 3. The standard InChI is InChI=1S/C17H22N2O4/c1-3-23-17(22)13-9-11-19(12-10-13)16(21)15(20)18(2)14-7-5-4-6-8-14/h4-8,13H,3,9-12H2,1-2H3. The first kappa shape index (κ1) is 17.0. The Morgan fingerprint density at radius 1 is 1.17 bits per heavy atom. The fraction of sp³-hybridized carbons (Fsp3) is 0.471. The van der Waals surface area contributed by atoms with Crippen molar-refractivity contribution < 1.29 is 19.1 Å². The van der Waals surface area contributed by atoms with E-state index in [4.69, 9.17) is 4.74 Å². The average Bonchev–Trinajstić information content (AvgIpc) is 2.61. The largest absolute Gasteiger partial charge is 0.466 e. The predicted molar refractivity (Wildman–Crippen MR) is 85.8 cm³/mol. The molecule has 0 spiro atoms. The van der Waals surface area contributed by atoms with E-state index >= 15 is 0 Å². The van der Waals surface area contributed by atoms with Crippen LogP contribution in [0.1, 0.15) is 19.8 Å². The monoisotopic (exact) mass is 318 g/mol. The number of para-hydroxylation sites is 1. The van der Waals surface area contributed by atoms with Gasteiger partial charge in [-0.1, -0.05) is 18.2 Å². The van der Waals surface area contributed by atoms with E-state index in [2.05, 4.69) is 0 Å². The van der Waals surface area contributed by atoms with Gasteiger partial charge in [-0.2, -0.15) is 0 Å². The van der Waals surface area contributed by atoms with Crippen LogP contribution in [0.3, 0.4) is 0 Å². The van der Waals surface area contributed by atoms with E-state index < -0.39 is 11.8 Å². The second kappa shape index (κ2) is 7.76. The van der Waals surface area contributed by atoms with Gasteiger partial charge in [-0.05, 0) is 31.9 Å². The fourth-order valence-corrected chi connectivity index (χ4v) is 2.63. The molecule has 1 aliphatic rings. The highest BCUT2D eigenvalue weighted by atomic mass is 16.5. The van der Waals surface area contributed by atoms with Gasteiger partial charge in [0.15, 0.2) is 0 Å². The summed E-state index contributed by atoms with van der Waals surface area (Å²) in [4.78, 5) is 39.2. The number of nitrogens with zero attached hydrogens (tertiary/aromatic N) is 2. The van der Waals surface area contributed by atoms with Gasteiger partial charge in [-0.3, -0.25) is 14.4 Å². The molecule has 1 heterocycles. The zero-order valence-corrected chi connectivity index (χ0v) is 13.5. The lowest BCUT2D eigenvalue weighted by atomic mass is 9.97. The minimum atomic E-state index is -0.564. The molecule has 1 aliphatic heterocycles. The van der Waals surface area contributed by atoms with E-state index in [0.717, 1.165) is 0 Å². The predicted octanol–water partition coefficient (Wildman–Crippen LogP) is 1.45. The molecule has 0 N–H and O–H groups in total. The van der Waals surface area contributed by atoms with Gasteiger partial charge < -0.3 is 14.5 Å². The number of rotatable bonds is 3. The van der Waals surface area contributed by atoms with Crippen LogP contribution in [0.2, 0.25) is 0 Å². The maximum Gasteiger partial charge on any atom is 0.316 e. The number of carbonyl (C=O) groups excluding carboxylic acids is 3. The van der Waals surface area contributed by atoms with Crippen LogP contribution in [0.25, 0.3) is 0 Å². The molecule has 1 fully saturated rings. The average molecular weight is 318 g/mol. The molecule has 0 aliphatic carbocycles. The number of hydrogen-bond acceptors (Lipinski definition) is 4. The number of esters is 1. The quantitative estimate of drug-likeness (QED) is 0.625. The molecule has 23 heavy (non-hydrogen) atoms. The highest BCUT2D eigenvalue weighted by Gasteiger charge is 2.32. The first-order valence-corrected chi connectivity index (χ1v) is 7.83. The summed E-state index contributed by atoms with van der Waals surface area (Å²) in [6, 6.07) is 9.03. The Morgan fingerprint density at radius 2 is 1.78 bits per heavy atom. The highest BCUT2D eigenvalue weighted by molar-refractivity contribution is 6.40. The molecule has 6 heteroatoms. The number of likely N-dealkylation sites (tertiary alicyclic amines) is 1.